The third kappa shape index (κ3) is 4.89. The number of hydrogen-bond acceptors (Lipinski definition) is 5. The Bertz CT molecular complexity index is 735. The molecule has 1 heterocycles. The predicted octanol–water partition coefficient (Wildman–Crippen LogP) is 0.234. The normalized spacial score (nSPS) is 12.2. The summed E-state index contributed by atoms with van der Waals surface area (Å²) in [6, 6.07) is 11.0. The summed E-state index contributed by atoms with van der Waals surface area (Å²) in [6.07, 6.45) is 0.913. The second kappa shape index (κ2) is 9.17. The summed E-state index contributed by atoms with van der Waals surface area (Å²) >= 11 is 0. The molecule has 130 valence electrons. The number of ether oxygens (including phenoxy) is 2. The number of aromatic nitrogens is 2. The Morgan fingerprint density at radius 3 is 2.58 bits per heavy atom. The highest BCUT2D eigenvalue weighted by atomic mass is 16.5. The summed E-state index contributed by atoms with van der Waals surface area (Å²) in [6.45, 7) is 0.815. The van der Waals surface area contributed by atoms with Crippen LogP contribution in [0.25, 0.3) is 0 Å². The molecule has 0 bridgehead atoms. The third-order valence-corrected chi connectivity index (χ3v) is 3.65. The first-order chi connectivity index (χ1) is 11.7. The number of aliphatic hydroxyl groups excluding tert-OH is 1. The molecule has 2 aromatic rings. The Kier molecular flexibility index (Phi) is 6.92. The number of rotatable bonds is 9. The number of methoxy groups -OCH3 is 1. The van der Waals surface area contributed by atoms with Gasteiger partial charge in [0, 0.05) is 19.4 Å². The average Bonchev–Trinajstić information content (AvgIpc) is 2.61. The van der Waals surface area contributed by atoms with Gasteiger partial charge in [-0.25, -0.2) is 4.79 Å². The number of benzene rings is 1. The van der Waals surface area contributed by atoms with Gasteiger partial charge in [-0.1, -0.05) is 30.3 Å². The summed E-state index contributed by atoms with van der Waals surface area (Å²) in [5.41, 5.74) is 0.208. The Morgan fingerprint density at radius 1 is 1.17 bits per heavy atom. The van der Waals surface area contributed by atoms with Gasteiger partial charge in [0.25, 0.3) is 5.56 Å². The van der Waals surface area contributed by atoms with Crippen molar-refractivity contribution in [1.29, 1.82) is 0 Å². The van der Waals surface area contributed by atoms with Crippen LogP contribution in [-0.4, -0.2) is 40.7 Å². The molecule has 7 heteroatoms. The van der Waals surface area contributed by atoms with Crippen LogP contribution in [0, 0.1) is 0 Å². The molecule has 1 unspecified atom stereocenters. The van der Waals surface area contributed by atoms with Crippen LogP contribution in [0.1, 0.15) is 5.56 Å². The lowest BCUT2D eigenvalue weighted by Crippen LogP contribution is -2.42. The molecule has 0 saturated heterocycles. The van der Waals surface area contributed by atoms with Crippen molar-refractivity contribution in [3.63, 3.8) is 0 Å². The molecule has 0 saturated carbocycles. The van der Waals surface area contributed by atoms with Crippen LogP contribution in [0.15, 0.2) is 52.2 Å². The van der Waals surface area contributed by atoms with E-state index >= 15 is 0 Å². The van der Waals surface area contributed by atoms with Crippen LogP contribution in [0.2, 0.25) is 0 Å². The molecule has 1 atom stereocenters. The monoisotopic (exact) mass is 334 g/mol. The molecule has 24 heavy (non-hydrogen) atoms. The highest BCUT2D eigenvalue weighted by Gasteiger charge is 2.10. The molecule has 0 amide bonds. The standard InChI is InChI=1S/C17H22N2O5/c1-23-15(12-20)11-18-8-7-16(21)19(17(18)22)9-10-24-13-14-5-3-2-4-6-14/h2-8,15,20H,9-13H2,1H3. The van der Waals surface area contributed by atoms with Gasteiger partial charge < -0.3 is 14.6 Å². The van der Waals surface area contributed by atoms with E-state index in [4.69, 9.17) is 14.6 Å². The van der Waals surface area contributed by atoms with E-state index in [1.165, 1.54) is 23.9 Å². The first-order valence-electron chi connectivity index (χ1n) is 7.71. The van der Waals surface area contributed by atoms with Crippen molar-refractivity contribution in [3.05, 3.63) is 69.0 Å². The van der Waals surface area contributed by atoms with Gasteiger partial charge >= 0.3 is 5.69 Å². The van der Waals surface area contributed by atoms with Gasteiger partial charge in [0.05, 0.1) is 39.0 Å². The molecule has 0 radical (unpaired) electrons. The molecule has 1 aromatic heterocycles. The molecule has 0 aliphatic rings. The fraction of sp³-hybridized carbons (Fsp3) is 0.412. The summed E-state index contributed by atoms with van der Waals surface area (Å²) in [5, 5.41) is 9.15. The van der Waals surface area contributed by atoms with Gasteiger partial charge in [-0.3, -0.25) is 13.9 Å². The molecule has 2 rings (SSSR count). The van der Waals surface area contributed by atoms with Gasteiger partial charge in [0.1, 0.15) is 0 Å². The van der Waals surface area contributed by atoms with Gasteiger partial charge in [-0.15, -0.1) is 0 Å². The van der Waals surface area contributed by atoms with E-state index in [1.807, 2.05) is 30.3 Å². The SMILES string of the molecule is COC(CO)Cn1ccc(=O)n(CCOCc2ccccc2)c1=O. The maximum atomic E-state index is 12.4. The summed E-state index contributed by atoms with van der Waals surface area (Å²) in [5.74, 6) is 0. The largest absolute Gasteiger partial charge is 0.394 e. The molecular weight excluding hydrogens is 312 g/mol. The van der Waals surface area contributed by atoms with Gasteiger partial charge in [-0.05, 0) is 5.56 Å². The van der Waals surface area contributed by atoms with E-state index in [-0.39, 0.29) is 31.9 Å². The van der Waals surface area contributed by atoms with Crippen LogP contribution in [0.3, 0.4) is 0 Å². The lowest BCUT2D eigenvalue weighted by atomic mass is 10.2. The number of hydrogen-bond donors (Lipinski definition) is 1. The smallest absolute Gasteiger partial charge is 0.331 e. The molecule has 0 aliphatic carbocycles. The second-order valence-electron chi connectivity index (χ2n) is 5.32. The molecule has 0 spiro atoms. The minimum atomic E-state index is -0.497. The second-order valence-corrected chi connectivity index (χ2v) is 5.32. The highest BCUT2D eigenvalue weighted by molar-refractivity contribution is 5.13. The van der Waals surface area contributed by atoms with Crippen molar-refractivity contribution in [2.45, 2.75) is 25.8 Å². The topological polar surface area (TPSA) is 82.7 Å². The minimum Gasteiger partial charge on any atom is -0.394 e. The predicted molar refractivity (Wildman–Crippen MR) is 88.9 cm³/mol. The van der Waals surface area contributed by atoms with E-state index in [2.05, 4.69) is 0 Å². The summed E-state index contributed by atoms with van der Waals surface area (Å²) in [7, 11) is 1.46. The van der Waals surface area contributed by atoms with Crippen molar-refractivity contribution in [2.24, 2.45) is 0 Å². The zero-order valence-electron chi connectivity index (χ0n) is 13.6. The summed E-state index contributed by atoms with van der Waals surface area (Å²) < 4.78 is 13.0. The minimum absolute atomic E-state index is 0.169. The fourth-order valence-electron chi connectivity index (χ4n) is 2.25. The van der Waals surface area contributed by atoms with Gasteiger partial charge in [0.15, 0.2) is 0 Å². The van der Waals surface area contributed by atoms with Crippen molar-refractivity contribution in [2.75, 3.05) is 20.3 Å². The fourth-order valence-corrected chi connectivity index (χ4v) is 2.25. The Balaban J connectivity index is 1.99. The van der Waals surface area contributed by atoms with E-state index in [9.17, 15) is 9.59 Å². The molecule has 0 aliphatic heterocycles. The van der Waals surface area contributed by atoms with Crippen LogP contribution in [0.5, 0.6) is 0 Å². The zero-order valence-corrected chi connectivity index (χ0v) is 13.6. The van der Waals surface area contributed by atoms with Gasteiger partial charge in [0.2, 0.25) is 0 Å². The Labute approximate surface area is 139 Å². The molecule has 1 aromatic carbocycles. The van der Waals surface area contributed by atoms with Crippen LogP contribution < -0.4 is 11.2 Å². The van der Waals surface area contributed by atoms with Crippen molar-refractivity contribution < 1.29 is 14.6 Å². The molecule has 1 N–H and O–H groups in total. The first kappa shape index (κ1) is 18.1. The van der Waals surface area contributed by atoms with E-state index in [0.717, 1.165) is 10.1 Å². The zero-order chi connectivity index (χ0) is 17.4. The quantitative estimate of drug-likeness (QED) is 0.664. The maximum absolute atomic E-state index is 12.4. The number of nitrogens with zero attached hydrogens (tertiary/aromatic N) is 2. The van der Waals surface area contributed by atoms with Crippen molar-refractivity contribution in [3.8, 4) is 0 Å². The van der Waals surface area contributed by atoms with Crippen molar-refractivity contribution in [1.82, 2.24) is 9.13 Å². The number of aliphatic hydroxyl groups is 1. The van der Waals surface area contributed by atoms with Crippen LogP contribution in [-0.2, 0) is 29.2 Å². The lowest BCUT2D eigenvalue weighted by Gasteiger charge is -2.15. The van der Waals surface area contributed by atoms with Gasteiger partial charge in [-0.2, -0.15) is 0 Å². The lowest BCUT2D eigenvalue weighted by molar-refractivity contribution is 0.0358. The van der Waals surface area contributed by atoms with Crippen LogP contribution >= 0.6 is 0 Å². The molecule has 7 nitrogen and oxygen atoms in total. The van der Waals surface area contributed by atoms with E-state index < -0.39 is 11.8 Å². The maximum Gasteiger partial charge on any atom is 0.331 e. The Morgan fingerprint density at radius 2 is 1.92 bits per heavy atom. The average molecular weight is 334 g/mol. The van der Waals surface area contributed by atoms with E-state index in [0.29, 0.717) is 6.61 Å². The third-order valence-electron chi connectivity index (χ3n) is 3.65. The van der Waals surface area contributed by atoms with Crippen molar-refractivity contribution >= 4 is 0 Å². The Hall–Kier alpha value is -2.22. The highest BCUT2D eigenvalue weighted by Crippen LogP contribution is 2.00. The first-order valence-corrected chi connectivity index (χ1v) is 7.71. The molecule has 0 fully saturated rings. The summed E-state index contributed by atoms with van der Waals surface area (Å²) in [4.78, 5) is 24.2. The molecular formula is C17H22N2O5. The van der Waals surface area contributed by atoms with Crippen LogP contribution in [0.4, 0.5) is 0 Å². The van der Waals surface area contributed by atoms with E-state index in [1.54, 1.807) is 0 Å².